The molecule has 0 aliphatic carbocycles. The highest BCUT2D eigenvalue weighted by molar-refractivity contribution is 14.0. The Bertz CT molecular complexity index is 972. The number of halogens is 1. The van der Waals surface area contributed by atoms with Crippen molar-refractivity contribution in [1.29, 1.82) is 0 Å². The van der Waals surface area contributed by atoms with Gasteiger partial charge < -0.3 is 15.8 Å². The van der Waals surface area contributed by atoms with Crippen molar-refractivity contribution in [3.63, 3.8) is 0 Å². The molecule has 1 fully saturated rings. The van der Waals surface area contributed by atoms with Gasteiger partial charge in [-0.15, -0.1) is 24.0 Å². The number of nitrogens with one attached hydrogen (secondary N) is 2. The molecule has 1 saturated heterocycles. The minimum Gasteiger partial charge on any atom is -0.377 e. The summed E-state index contributed by atoms with van der Waals surface area (Å²) in [6.45, 7) is 5.45. The Morgan fingerprint density at radius 1 is 1.17 bits per heavy atom. The number of benzene rings is 2. The van der Waals surface area contributed by atoms with Crippen LogP contribution in [0.15, 0.2) is 52.4 Å². The van der Waals surface area contributed by atoms with Gasteiger partial charge in [-0.1, -0.05) is 18.2 Å². The standard InChI is InChI=1S/C21H28N4O3S.HI/c1-15-5-8-18(12-16(15)2)25-21(22)23-13-17-6-9-20(10-7-17)29(26,27)24-14-19-4-3-11-28-19;/h5-10,12,19,24H,3-4,11,13-14H2,1-2H3,(H3,22,23,25);1H. The second-order valence-electron chi connectivity index (χ2n) is 7.26. The fourth-order valence-electron chi connectivity index (χ4n) is 3.05. The van der Waals surface area contributed by atoms with Gasteiger partial charge in [0.05, 0.1) is 17.5 Å². The van der Waals surface area contributed by atoms with E-state index in [-0.39, 0.29) is 35.0 Å². The van der Waals surface area contributed by atoms with Crippen LogP contribution in [0.5, 0.6) is 0 Å². The maximum atomic E-state index is 12.4. The summed E-state index contributed by atoms with van der Waals surface area (Å²) in [6.07, 6.45) is 1.83. The number of nitrogens with zero attached hydrogens (tertiary/aromatic N) is 1. The smallest absolute Gasteiger partial charge is 0.240 e. The fourth-order valence-corrected chi connectivity index (χ4v) is 4.11. The molecule has 2 aromatic rings. The molecular formula is C21H29IN4O3S. The second-order valence-corrected chi connectivity index (χ2v) is 9.02. The lowest BCUT2D eigenvalue weighted by atomic mass is 10.1. The molecule has 1 aliphatic rings. The summed E-state index contributed by atoms with van der Waals surface area (Å²) in [5.41, 5.74) is 10.1. The van der Waals surface area contributed by atoms with Gasteiger partial charge in [0.15, 0.2) is 5.96 Å². The van der Waals surface area contributed by atoms with E-state index in [1.165, 1.54) is 11.1 Å². The molecule has 0 radical (unpaired) electrons. The zero-order chi connectivity index (χ0) is 20.9. The van der Waals surface area contributed by atoms with Gasteiger partial charge in [0.2, 0.25) is 10.0 Å². The number of hydrogen-bond acceptors (Lipinski definition) is 4. The second kappa shape index (κ2) is 11.1. The first-order chi connectivity index (χ1) is 13.8. The summed E-state index contributed by atoms with van der Waals surface area (Å²) in [5.74, 6) is 0.309. The quantitative estimate of drug-likeness (QED) is 0.282. The molecule has 9 heteroatoms. The van der Waals surface area contributed by atoms with Crippen molar-refractivity contribution in [2.75, 3.05) is 18.5 Å². The maximum absolute atomic E-state index is 12.4. The molecular weight excluding hydrogens is 515 g/mol. The number of guanidine groups is 1. The molecule has 1 aliphatic heterocycles. The summed E-state index contributed by atoms with van der Waals surface area (Å²) >= 11 is 0. The van der Waals surface area contributed by atoms with E-state index in [1.54, 1.807) is 24.3 Å². The van der Waals surface area contributed by atoms with E-state index in [0.29, 0.717) is 25.7 Å². The number of sulfonamides is 1. The third-order valence-electron chi connectivity index (χ3n) is 4.97. The molecule has 0 spiro atoms. The van der Waals surface area contributed by atoms with E-state index in [0.717, 1.165) is 24.1 Å². The zero-order valence-electron chi connectivity index (χ0n) is 17.2. The molecule has 7 nitrogen and oxygen atoms in total. The number of ether oxygens (including phenoxy) is 1. The number of anilines is 1. The molecule has 1 unspecified atom stereocenters. The summed E-state index contributed by atoms with van der Waals surface area (Å²) in [4.78, 5) is 4.55. The first-order valence-corrected chi connectivity index (χ1v) is 11.2. The van der Waals surface area contributed by atoms with Crippen molar-refractivity contribution < 1.29 is 13.2 Å². The number of aryl methyl sites for hydroxylation is 2. The molecule has 0 saturated carbocycles. The normalized spacial score (nSPS) is 16.9. The Morgan fingerprint density at radius 2 is 1.90 bits per heavy atom. The highest BCUT2D eigenvalue weighted by Crippen LogP contribution is 2.15. The highest BCUT2D eigenvalue weighted by Gasteiger charge is 2.20. The van der Waals surface area contributed by atoms with Crippen molar-refractivity contribution in [2.24, 2.45) is 10.7 Å². The molecule has 1 atom stereocenters. The molecule has 30 heavy (non-hydrogen) atoms. The van der Waals surface area contributed by atoms with Crippen molar-refractivity contribution >= 4 is 45.6 Å². The fraction of sp³-hybridized carbons (Fsp3) is 0.381. The van der Waals surface area contributed by atoms with Crippen LogP contribution < -0.4 is 15.8 Å². The lowest BCUT2D eigenvalue weighted by Gasteiger charge is -2.11. The van der Waals surface area contributed by atoms with E-state index in [2.05, 4.69) is 22.0 Å². The average molecular weight is 544 g/mol. The number of hydrogen-bond donors (Lipinski definition) is 3. The summed E-state index contributed by atoms with van der Waals surface area (Å²) in [5, 5.41) is 3.07. The highest BCUT2D eigenvalue weighted by atomic mass is 127. The molecule has 2 aromatic carbocycles. The SMILES string of the molecule is Cc1ccc(NC(N)=NCc2ccc(S(=O)(=O)NCC3CCCO3)cc2)cc1C.I. The van der Waals surface area contributed by atoms with Crippen LogP contribution in [0.3, 0.4) is 0 Å². The molecule has 4 N–H and O–H groups in total. The molecule has 0 bridgehead atoms. The van der Waals surface area contributed by atoms with E-state index in [4.69, 9.17) is 10.5 Å². The van der Waals surface area contributed by atoms with E-state index in [1.807, 2.05) is 25.1 Å². The lowest BCUT2D eigenvalue weighted by Crippen LogP contribution is -2.31. The van der Waals surface area contributed by atoms with Crippen LogP contribution in [0.4, 0.5) is 5.69 Å². The Morgan fingerprint density at radius 3 is 2.53 bits per heavy atom. The first-order valence-electron chi connectivity index (χ1n) is 9.68. The Balaban J connectivity index is 0.00000320. The van der Waals surface area contributed by atoms with Crippen LogP contribution in [-0.2, 0) is 21.3 Å². The Kier molecular flexibility index (Phi) is 9.08. The summed E-state index contributed by atoms with van der Waals surface area (Å²) in [7, 11) is -3.55. The van der Waals surface area contributed by atoms with E-state index < -0.39 is 10.0 Å². The average Bonchev–Trinajstić information content (AvgIpc) is 3.22. The summed E-state index contributed by atoms with van der Waals surface area (Å²) in [6, 6.07) is 12.6. The van der Waals surface area contributed by atoms with Crippen LogP contribution >= 0.6 is 24.0 Å². The number of aliphatic imine (C=N–C) groups is 1. The van der Waals surface area contributed by atoms with Crippen molar-refractivity contribution in [2.45, 2.75) is 44.2 Å². The molecule has 3 rings (SSSR count). The Hall–Kier alpha value is -1.69. The third-order valence-corrected chi connectivity index (χ3v) is 6.41. The van der Waals surface area contributed by atoms with Gasteiger partial charge in [-0.3, -0.25) is 0 Å². The van der Waals surface area contributed by atoms with Crippen molar-refractivity contribution in [3.05, 3.63) is 59.2 Å². The van der Waals surface area contributed by atoms with Crippen LogP contribution in [0, 0.1) is 13.8 Å². The van der Waals surface area contributed by atoms with Crippen LogP contribution in [0.1, 0.15) is 29.5 Å². The minimum absolute atomic E-state index is 0. The van der Waals surface area contributed by atoms with E-state index in [9.17, 15) is 8.42 Å². The van der Waals surface area contributed by atoms with Gasteiger partial charge in [-0.2, -0.15) is 0 Å². The molecule has 0 aromatic heterocycles. The van der Waals surface area contributed by atoms with Gasteiger partial charge >= 0.3 is 0 Å². The topological polar surface area (TPSA) is 106 Å². The summed E-state index contributed by atoms with van der Waals surface area (Å²) < 4.78 is 32.9. The number of rotatable bonds is 7. The minimum atomic E-state index is -3.55. The van der Waals surface area contributed by atoms with Crippen molar-refractivity contribution in [3.8, 4) is 0 Å². The van der Waals surface area contributed by atoms with Crippen LogP contribution in [0.2, 0.25) is 0 Å². The van der Waals surface area contributed by atoms with Crippen LogP contribution in [0.25, 0.3) is 0 Å². The predicted molar refractivity (Wildman–Crippen MR) is 131 cm³/mol. The molecule has 1 heterocycles. The van der Waals surface area contributed by atoms with Gasteiger partial charge in [-0.25, -0.2) is 18.1 Å². The maximum Gasteiger partial charge on any atom is 0.240 e. The van der Waals surface area contributed by atoms with Crippen molar-refractivity contribution in [1.82, 2.24) is 4.72 Å². The first kappa shape index (κ1) is 24.6. The van der Waals surface area contributed by atoms with E-state index >= 15 is 0 Å². The van der Waals surface area contributed by atoms with Crippen LogP contribution in [-0.4, -0.2) is 33.6 Å². The number of nitrogens with two attached hydrogens (primary N) is 1. The van der Waals surface area contributed by atoms with Gasteiger partial charge in [0.1, 0.15) is 0 Å². The van der Waals surface area contributed by atoms with Gasteiger partial charge in [0, 0.05) is 18.8 Å². The lowest BCUT2D eigenvalue weighted by molar-refractivity contribution is 0.114. The molecule has 164 valence electrons. The van der Waals surface area contributed by atoms with Gasteiger partial charge in [-0.05, 0) is 67.6 Å². The monoisotopic (exact) mass is 544 g/mol. The third kappa shape index (κ3) is 6.93. The Labute approximate surface area is 195 Å². The largest absolute Gasteiger partial charge is 0.377 e. The molecule has 0 amide bonds. The van der Waals surface area contributed by atoms with Gasteiger partial charge in [0.25, 0.3) is 0 Å². The zero-order valence-corrected chi connectivity index (χ0v) is 20.4. The predicted octanol–water partition coefficient (Wildman–Crippen LogP) is 3.31.